The quantitative estimate of drug-likeness (QED) is 0.599. The minimum Gasteiger partial charge on any atom is -0.478 e. The first-order valence-corrected chi connectivity index (χ1v) is 6.43. The number of guanidine groups is 1. The summed E-state index contributed by atoms with van der Waals surface area (Å²) in [6.45, 7) is 0.356. The van der Waals surface area contributed by atoms with Crippen molar-refractivity contribution < 1.29 is 9.90 Å². The van der Waals surface area contributed by atoms with Crippen LogP contribution in [0.15, 0.2) is 44.2 Å². The molecule has 0 spiro atoms. The summed E-state index contributed by atoms with van der Waals surface area (Å²) in [5.74, 6) is 0.336. The average Bonchev–Trinajstić information content (AvgIpc) is 2.89. The van der Waals surface area contributed by atoms with Crippen LogP contribution in [0.4, 0.5) is 5.69 Å². The minimum atomic E-state index is -0.965. The standard InChI is InChI=1S/C13H13N7O2/c14-10-9-11(20-13(15)19-10)18-8(17-9)5-16-7-3-1-6(2-4-7)12(21)22/h1-4,9,16H,5H2,(H,21,22)(H4,14,15,17,18,19,20). The van der Waals surface area contributed by atoms with E-state index in [0.717, 1.165) is 5.69 Å². The number of carboxylic acids is 1. The first-order chi connectivity index (χ1) is 10.5. The Bertz CT molecular complexity index is 746. The maximum atomic E-state index is 10.8. The Hall–Kier alpha value is -3.23. The molecule has 112 valence electrons. The monoisotopic (exact) mass is 299 g/mol. The molecule has 0 aliphatic carbocycles. The van der Waals surface area contributed by atoms with E-state index in [2.05, 4.69) is 25.3 Å². The lowest BCUT2D eigenvalue weighted by Crippen LogP contribution is -2.38. The molecule has 6 N–H and O–H groups in total. The number of hydrogen-bond acceptors (Lipinski definition) is 8. The third kappa shape index (κ3) is 2.64. The molecule has 0 saturated heterocycles. The summed E-state index contributed by atoms with van der Waals surface area (Å²) < 4.78 is 0. The number of nitrogens with two attached hydrogens (primary N) is 2. The molecule has 0 fully saturated rings. The van der Waals surface area contributed by atoms with Gasteiger partial charge in [0.15, 0.2) is 11.9 Å². The summed E-state index contributed by atoms with van der Waals surface area (Å²) in [6.07, 6.45) is 0. The van der Waals surface area contributed by atoms with Gasteiger partial charge in [-0.05, 0) is 24.3 Å². The topological polar surface area (TPSA) is 151 Å². The Morgan fingerprint density at radius 3 is 2.59 bits per heavy atom. The summed E-state index contributed by atoms with van der Waals surface area (Å²) in [5, 5.41) is 11.9. The predicted molar refractivity (Wildman–Crippen MR) is 83.8 cm³/mol. The molecule has 0 saturated carbocycles. The van der Waals surface area contributed by atoms with Crippen LogP contribution in [0, 0.1) is 0 Å². The zero-order chi connectivity index (χ0) is 15.7. The van der Waals surface area contributed by atoms with Gasteiger partial charge in [-0.15, -0.1) is 0 Å². The molecule has 0 bridgehead atoms. The van der Waals surface area contributed by atoms with E-state index in [9.17, 15) is 4.79 Å². The molecule has 1 aromatic carbocycles. The van der Waals surface area contributed by atoms with Crippen LogP contribution in [0.5, 0.6) is 0 Å². The third-order valence-corrected chi connectivity index (χ3v) is 3.10. The molecule has 0 radical (unpaired) electrons. The molecular formula is C13H13N7O2. The van der Waals surface area contributed by atoms with Gasteiger partial charge in [-0.1, -0.05) is 0 Å². The van der Waals surface area contributed by atoms with E-state index in [1.807, 2.05) is 0 Å². The second-order valence-corrected chi connectivity index (χ2v) is 4.66. The van der Waals surface area contributed by atoms with E-state index >= 15 is 0 Å². The Labute approximate surface area is 125 Å². The molecule has 9 nitrogen and oxygen atoms in total. The normalized spacial score (nSPS) is 19.5. The van der Waals surface area contributed by atoms with Gasteiger partial charge >= 0.3 is 5.97 Å². The number of fused-ring (bicyclic) bond motifs is 1. The predicted octanol–water partition coefficient (Wildman–Crippen LogP) is -0.339. The molecule has 9 heteroatoms. The molecule has 1 aromatic rings. The van der Waals surface area contributed by atoms with Crippen LogP contribution in [0.3, 0.4) is 0 Å². The lowest BCUT2D eigenvalue weighted by Gasteiger charge is -2.11. The number of anilines is 1. The Morgan fingerprint density at radius 2 is 1.91 bits per heavy atom. The van der Waals surface area contributed by atoms with Crippen molar-refractivity contribution in [2.24, 2.45) is 31.4 Å². The number of aliphatic imine (C=N–C) groups is 4. The highest BCUT2D eigenvalue weighted by Crippen LogP contribution is 2.13. The van der Waals surface area contributed by atoms with E-state index in [1.165, 1.54) is 12.1 Å². The van der Waals surface area contributed by atoms with Crippen LogP contribution in [0.2, 0.25) is 0 Å². The fourth-order valence-corrected chi connectivity index (χ4v) is 2.05. The lowest BCUT2D eigenvalue weighted by molar-refractivity contribution is 0.0697. The van der Waals surface area contributed by atoms with E-state index in [-0.39, 0.29) is 17.4 Å². The summed E-state index contributed by atoms with van der Waals surface area (Å²) in [6, 6.07) is 5.90. The third-order valence-electron chi connectivity index (χ3n) is 3.10. The Kier molecular flexibility index (Phi) is 3.30. The Morgan fingerprint density at radius 1 is 1.18 bits per heavy atom. The maximum Gasteiger partial charge on any atom is 0.335 e. The average molecular weight is 299 g/mol. The van der Waals surface area contributed by atoms with Crippen molar-refractivity contribution in [3.63, 3.8) is 0 Å². The van der Waals surface area contributed by atoms with Crippen molar-refractivity contribution in [3.8, 4) is 0 Å². The fraction of sp³-hybridized carbons (Fsp3) is 0.154. The van der Waals surface area contributed by atoms with Gasteiger partial charge in [0, 0.05) is 5.69 Å². The molecular weight excluding hydrogens is 286 g/mol. The van der Waals surface area contributed by atoms with Crippen LogP contribution in [-0.4, -0.2) is 47.1 Å². The first kappa shape index (κ1) is 13.7. The molecule has 1 unspecified atom stereocenters. The van der Waals surface area contributed by atoms with Gasteiger partial charge in [0.1, 0.15) is 11.7 Å². The number of nitrogens with zero attached hydrogens (tertiary/aromatic N) is 4. The molecule has 0 amide bonds. The van der Waals surface area contributed by atoms with Crippen LogP contribution in [-0.2, 0) is 0 Å². The summed E-state index contributed by atoms with van der Waals surface area (Å²) in [5.41, 5.74) is 12.2. The molecule has 22 heavy (non-hydrogen) atoms. The van der Waals surface area contributed by atoms with Crippen LogP contribution in [0.1, 0.15) is 10.4 Å². The van der Waals surface area contributed by atoms with E-state index in [0.29, 0.717) is 18.2 Å². The number of rotatable bonds is 4. The number of hydrogen-bond donors (Lipinski definition) is 4. The SMILES string of the molecule is NC1=NC2=NC(CNc3ccc(C(=O)O)cc3)=NC2C(N)=N1. The van der Waals surface area contributed by atoms with Crippen molar-refractivity contribution in [3.05, 3.63) is 29.8 Å². The number of amidine groups is 3. The Balaban J connectivity index is 1.67. The van der Waals surface area contributed by atoms with Gasteiger partial charge in [-0.25, -0.2) is 14.8 Å². The minimum absolute atomic E-state index is 0.0705. The molecule has 0 aromatic heterocycles. The van der Waals surface area contributed by atoms with Gasteiger partial charge in [-0.3, -0.25) is 0 Å². The number of aromatic carboxylic acids is 1. The van der Waals surface area contributed by atoms with Crippen molar-refractivity contribution in [1.82, 2.24) is 0 Å². The maximum absolute atomic E-state index is 10.8. The highest BCUT2D eigenvalue weighted by molar-refractivity contribution is 6.24. The molecule has 2 aliphatic rings. The van der Waals surface area contributed by atoms with Crippen LogP contribution < -0.4 is 16.8 Å². The lowest BCUT2D eigenvalue weighted by atomic mass is 10.2. The highest BCUT2D eigenvalue weighted by Gasteiger charge is 2.29. The number of carboxylic acid groups (broad SMARTS) is 1. The van der Waals surface area contributed by atoms with Crippen molar-refractivity contribution in [2.75, 3.05) is 11.9 Å². The van der Waals surface area contributed by atoms with Gasteiger partial charge in [0.05, 0.1) is 12.1 Å². The highest BCUT2D eigenvalue weighted by atomic mass is 16.4. The van der Waals surface area contributed by atoms with Crippen molar-refractivity contribution in [2.45, 2.75) is 6.04 Å². The second kappa shape index (κ2) is 5.28. The van der Waals surface area contributed by atoms with Crippen molar-refractivity contribution >= 4 is 35.1 Å². The number of benzene rings is 1. The van der Waals surface area contributed by atoms with Gasteiger partial charge in [0.25, 0.3) is 0 Å². The summed E-state index contributed by atoms with van der Waals surface area (Å²) in [7, 11) is 0. The second-order valence-electron chi connectivity index (χ2n) is 4.66. The zero-order valence-electron chi connectivity index (χ0n) is 11.4. The summed E-state index contributed by atoms with van der Waals surface area (Å²) >= 11 is 0. The molecule has 1 atom stereocenters. The molecule has 2 aliphatic heterocycles. The van der Waals surface area contributed by atoms with E-state index in [1.54, 1.807) is 12.1 Å². The zero-order valence-corrected chi connectivity index (χ0v) is 11.4. The van der Waals surface area contributed by atoms with E-state index < -0.39 is 12.0 Å². The fourth-order valence-electron chi connectivity index (χ4n) is 2.05. The summed E-state index contributed by atoms with van der Waals surface area (Å²) in [4.78, 5) is 27.2. The molecule has 2 heterocycles. The number of carbonyl (C=O) groups is 1. The van der Waals surface area contributed by atoms with Gasteiger partial charge in [0.2, 0.25) is 5.96 Å². The van der Waals surface area contributed by atoms with Crippen LogP contribution in [0.25, 0.3) is 0 Å². The van der Waals surface area contributed by atoms with Gasteiger partial charge in [-0.2, -0.15) is 9.98 Å². The largest absolute Gasteiger partial charge is 0.478 e. The molecule has 3 rings (SSSR count). The van der Waals surface area contributed by atoms with Gasteiger partial charge < -0.3 is 21.9 Å². The number of nitrogens with one attached hydrogen (secondary N) is 1. The van der Waals surface area contributed by atoms with Crippen LogP contribution >= 0.6 is 0 Å². The first-order valence-electron chi connectivity index (χ1n) is 6.43. The smallest absolute Gasteiger partial charge is 0.335 e. The van der Waals surface area contributed by atoms with Crippen molar-refractivity contribution in [1.29, 1.82) is 0 Å². The van der Waals surface area contributed by atoms with E-state index in [4.69, 9.17) is 16.6 Å².